The van der Waals surface area contributed by atoms with Gasteiger partial charge in [0.1, 0.15) is 6.61 Å². The predicted octanol–water partition coefficient (Wildman–Crippen LogP) is 4.41. The fraction of sp³-hybridized carbons (Fsp3) is 0.464. The third kappa shape index (κ3) is 4.17. The molecule has 1 saturated heterocycles. The second-order valence-electron chi connectivity index (χ2n) is 10.1. The zero-order chi connectivity index (χ0) is 24.6. The Morgan fingerprint density at radius 3 is 2.37 bits per heavy atom. The number of likely N-dealkylation sites (tertiary alicyclic amines) is 1. The summed E-state index contributed by atoms with van der Waals surface area (Å²) in [5.74, 6) is -0.893. The van der Waals surface area contributed by atoms with Gasteiger partial charge < -0.3 is 20.1 Å². The fourth-order valence-electron chi connectivity index (χ4n) is 6.27. The van der Waals surface area contributed by atoms with Crippen LogP contribution >= 0.6 is 0 Å². The van der Waals surface area contributed by atoms with Gasteiger partial charge in [0, 0.05) is 31.5 Å². The molecule has 2 aromatic carbocycles. The number of carboxylic acid groups (broad SMARTS) is 1. The molecule has 7 heteroatoms. The lowest BCUT2D eigenvalue weighted by Crippen LogP contribution is -2.41. The largest absolute Gasteiger partial charge is 0.481 e. The van der Waals surface area contributed by atoms with Crippen LogP contribution in [-0.4, -0.2) is 53.7 Å². The molecule has 184 valence electrons. The average Bonchev–Trinajstić information content (AvgIpc) is 3.52. The normalized spacial score (nSPS) is 23.3. The molecular weight excluding hydrogens is 444 g/mol. The molecular formula is C28H32N2O5. The predicted molar refractivity (Wildman–Crippen MR) is 131 cm³/mol. The van der Waals surface area contributed by atoms with Gasteiger partial charge in [0.05, 0.1) is 5.41 Å². The molecule has 2 aliphatic carbocycles. The first-order valence-corrected chi connectivity index (χ1v) is 12.6. The van der Waals surface area contributed by atoms with Crippen molar-refractivity contribution in [1.29, 1.82) is 0 Å². The Morgan fingerprint density at radius 2 is 1.77 bits per heavy atom. The highest BCUT2D eigenvalue weighted by molar-refractivity contribution is 5.82. The van der Waals surface area contributed by atoms with Crippen molar-refractivity contribution in [3.63, 3.8) is 0 Å². The van der Waals surface area contributed by atoms with Gasteiger partial charge in [-0.05, 0) is 47.4 Å². The number of nitrogens with one attached hydrogen (secondary N) is 1. The summed E-state index contributed by atoms with van der Waals surface area (Å²) in [6, 6.07) is 16.0. The van der Waals surface area contributed by atoms with E-state index >= 15 is 0 Å². The number of fused-ring (bicyclic) bond motifs is 4. The monoisotopic (exact) mass is 476 g/mol. The summed E-state index contributed by atoms with van der Waals surface area (Å²) in [6.45, 7) is 2.90. The van der Waals surface area contributed by atoms with E-state index in [1.165, 1.54) is 11.1 Å². The van der Waals surface area contributed by atoms with Crippen molar-refractivity contribution in [2.45, 2.75) is 51.0 Å². The lowest BCUT2D eigenvalue weighted by molar-refractivity contribution is -0.149. The SMILES string of the molecule is CCC(CC(=O)N1C[C@@H]2CCC[C@]2(C(=O)O)C1)NC(=O)OCC1c2ccccc2-c2ccccc21. The lowest BCUT2D eigenvalue weighted by atomic mass is 9.81. The van der Waals surface area contributed by atoms with Crippen LogP contribution < -0.4 is 5.32 Å². The van der Waals surface area contributed by atoms with Gasteiger partial charge in [0.15, 0.2) is 0 Å². The summed E-state index contributed by atoms with van der Waals surface area (Å²) in [4.78, 5) is 39.2. The highest BCUT2D eigenvalue weighted by Crippen LogP contribution is 2.49. The van der Waals surface area contributed by atoms with Crippen molar-refractivity contribution in [2.24, 2.45) is 11.3 Å². The number of carboxylic acids is 1. The van der Waals surface area contributed by atoms with Crippen LogP contribution in [-0.2, 0) is 14.3 Å². The number of rotatable bonds is 7. The lowest BCUT2D eigenvalue weighted by Gasteiger charge is -2.24. The van der Waals surface area contributed by atoms with Crippen molar-refractivity contribution in [1.82, 2.24) is 10.2 Å². The fourth-order valence-corrected chi connectivity index (χ4v) is 6.27. The van der Waals surface area contributed by atoms with E-state index in [0.29, 0.717) is 19.4 Å². The number of carbonyl (C=O) groups excluding carboxylic acids is 2. The highest BCUT2D eigenvalue weighted by Gasteiger charge is 2.55. The van der Waals surface area contributed by atoms with Crippen molar-refractivity contribution in [3.8, 4) is 11.1 Å². The molecule has 3 aliphatic rings. The van der Waals surface area contributed by atoms with Crippen molar-refractivity contribution >= 4 is 18.0 Å². The molecule has 0 aromatic heterocycles. The highest BCUT2D eigenvalue weighted by atomic mass is 16.5. The molecule has 35 heavy (non-hydrogen) atoms. The Labute approximate surface area is 205 Å². The van der Waals surface area contributed by atoms with Crippen LogP contribution in [0.25, 0.3) is 11.1 Å². The Morgan fingerprint density at radius 1 is 1.11 bits per heavy atom. The molecule has 1 aliphatic heterocycles. The molecule has 3 atom stereocenters. The van der Waals surface area contributed by atoms with E-state index in [4.69, 9.17) is 4.74 Å². The Bertz CT molecular complexity index is 1100. The summed E-state index contributed by atoms with van der Waals surface area (Å²) < 4.78 is 5.63. The van der Waals surface area contributed by atoms with E-state index < -0.39 is 17.5 Å². The van der Waals surface area contributed by atoms with Gasteiger partial charge in [-0.2, -0.15) is 0 Å². The molecule has 1 heterocycles. The van der Waals surface area contributed by atoms with Crippen LogP contribution in [0.2, 0.25) is 0 Å². The molecule has 0 radical (unpaired) electrons. The van der Waals surface area contributed by atoms with Crippen LogP contribution in [0.15, 0.2) is 48.5 Å². The standard InChI is InChI=1S/C28H32N2O5/c1-2-19(14-25(31)30-15-18-8-7-13-28(18,17-30)26(32)33)29-27(34)35-16-24-22-11-5-3-9-20(22)21-10-4-6-12-23(21)24/h3-6,9-12,18-19,24H,2,7-8,13-17H2,1H3,(H,29,34)(H,32,33)/t18-,19?,28-/m0/s1. The number of nitrogens with zero attached hydrogens (tertiary/aromatic N) is 1. The molecule has 5 rings (SSSR count). The Kier molecular flexibility index (Phi) is 6.26. The van der Waals surface area contributed by atoms with Gasteiger partial charge in [0.25, 0.3) is 0 Å². The number of carbonyl (C=O) groups is 3. The van der Waals surface area contributed by atoms with E-state index in [1.54, 1.807) is 4.90 Å². The molecule has 2 amide bonds. The topological polar surface area (TPSA) is 95.9 Å². The summed E-state index contributed by atoms with van der Waals surface area (Å²) in [6.07, 6.45) is 2.57. The van der Waals surface area contributed by atoms with Gasteiger partial charge in [-0.25, -0.2) is 4.79 Å². The first kappa shape index (κ1) is 23.4. The second-order valence-corrected chi connectivity index (χ2v) is 10.1. The molecule has 2 N–H and O–H groups in total. The summed E-state index contributed by atoms with van der Waals surface area (Å²) in [5, 5.41) is 12.6. The third-order valence-electron chi connectivity index (χ3n) is 8.23. The van der Waals surface area contributed by atoms with Gasteiger partial charge in [-0.3, -0.25) is 9.59 Å². The minimum absolute atomic E-state index is 0.0222. The Balaban J connectivity index is 1.17. The van der Waals surface area contributed by atoms with Crippen LogP contribution in [0.4, 0.5) is 4.79 Å². The van der Waals surface area contributed by atoms with Crippen molar-refractivity contribution in [2.75, 3.05) is 19.7 Å². The van der Waals surface area contributed by atoms with E-state index in [2.05, 4.69) is 29.6 Å². The number of hydrogen-bond donors (Lipinski definition) is 2. The maximum absolute atomic E-state index is 13.0. The number of hydrogen-bond acceptors (Lipinski definition) is 4. The molecule has 1 unspecified atom stereocenters. The first-order chi connectivity index (χ1) is 16.9. The Hall–Kier alpha value is -3.35. The number of benzene rings is 2. The maximum atomic E-state index is 13.0. The minimum Gasteiger partial charge on any atom is -0.481 e. The van der Waals surface area contributed by atoms with Crippen LogP contribution in [0.3, 0.4) is 0 Å². The molecule has 7 nitrogen and oxygen atoms in total. The first-order valence-electron chi connectivity index (χ1n) is 12.6. The van der Waals surface area contributed by atoms with Gasteiger partial charge in [0.2, 0.25) is 5.91 Å². The minimum atomic E-state index is -0.794. The van der Waals surface area contributed by atoms with E-state index in [-0.39, 0.29) is 43.4 Å². The van der Waals surface area contributed by atoms with Gasteiger partial charge in [-0.1, -0.05) is 61.9 Å². The number of amides is 2. The molecule has 2 aromatic rings. The van der Waals surface area contributed by atoms with Crippen LogP contribution in [0.5, 0.6) is 0 Å². The number of ether oxygens (including phenoxy) is 1. The molecule has 1 saturated carbocycles. The smallest absolute Gasteiger partial charge is 0.407 e. The molecule has 0 bridgehead atoms. The van der Waals surface area contributed by atoms with E-state index in [0.717, 1.165) is 24.0 Å². The average molecular weight is 477 g/mol. The summed E-state index contributed by atoms with van der Waals surface area (Å²) in [5.41, 5.74) is 3.84. The second kappa shape index (κ2) is 9.36. The quantitative estimate of drug-likeness (QED) is 0.617. The summed E-state index contributed by atoms with van der Waals surface area (Å²) in [7, 11) is 0. The third-order valence-corrected chi connectivity index (χ3v) is 8.23. The zero-order valence-electron chi connectivity index (χ0n) is 20.0. The van der Waals surface area contributed by atoms with Crippen LogP contribution in [0, 0.1) is 11.3 Å². The summed E-state index contributed by atoms with van der Waals surface area (Å²) >= 11 is 0. The zero-order valence-corrected chi connectivity index (χ0v) is 20.0. The number of alkyl carbamates (subject to hydrolysis) is 1. The van der Waals surface area contributed by atoms with Crippen LogP contribution in [0.1, 0.15) is 56.1 Å². The van der Waals surface area contributed by atoms with Gasteiger partial charge >= 0.3 is 12.1 Å². The van der Waals surface area contributed by atoms with Gasteiger partial charge in [-0.15, -0.1) is 0 Å². The maximum Gasteiger partial charge on any atom is 0.407 e. The van der Waals surface area contributed by atoms with Crippen molar-refractivity contribution < 1.29 is 24.2 Å². The number of aliphatic carboxylic acids is 1. The molecule has 2 fully saturated rings. The van der Waals surface area contributed by atoms with E-state index in [9.17, 15) is 19.5 Å². The van der Waals surface area contributed by atoms with Crippen molar-refractivity contribution in [3.05, 3.63) is 59.7 Å². The van der Waals surface area contributed by atoms with E-state index in [1.807, 2.05) is 31.2 Å². The molecule has 0 spiro atoms.